The largest absolute Gasteiger partial charge is 0.490 e. The van der Waals surface area contributed by atoms with Gasteiger partial charge >= 0.3 is 12.1 Å². The van der Waals surface area contributed by atoms with Gasteiger partial charge in [0.15, 0.2) is 0 Å². The SMILES string of the molecule is COC(=O)c1c(F)cccc1OCC(Cc1ccccc1)NC(=O)OC(C)(C)C. The number of carbonyl (C=O) groups excluding carboxylic acids is 2. The lowest BCUT2D eigenvalue weighted by molar-refractivity contribution is 0.0483. The summed E-state index contributed by atoms with van der Waals surface area (Å²) in [5.74, 6) is -1.53. The van der Waals surface area contributed by atoms with E-state index in [1.165, 1.54) is 19.2 Å². The lowest BCUT2D eigenvalue weighted by Crippen LogP contribution is -2.43. The van der Waals surface area contributed by atoms with Crippen LogP contribution in [0.25, 0.3) is 0 Å². The van der Waals surface area contributed by atoms with Crippen LogP contribution in [-0.4, -0.2) is 37.4 Å². The number of rotatable bonds is 7. The van der Waals surface area contributed by atoms with Crippen molar-refractivity contribution in [2.45, 2.75) is 38.8 Å². The zero-order valence-electron chi connectivity index (χ0n) is 17.0. The van der Waals surface area contributed by atoms with Gasteiger partial charge in [-0.2, -0.15) is 0 Å². The fourth-order valence-electron chi connectivity index (χ4n) is 2.64. The molecule has 1 N–H and O–H groups in total. The van der Waals surface area contributed by atoms with E-state index < -0.39 is 29.5 Å². The number of carbonyl (C=O) groups is 2. The lowest BCUT2D eigenvalue weighted by atomic mass is 10.1. The molecule has 29 heavy (non-hydrogen) atoms. The van der Waals surface area contributed by atoms with Crippen molar-refractivity contribution < 1.29 is 28.2 Å². The Balaban J connectivity index is 2.16. The molecule has 2 rings (SSSR count). The van der Waals surface area contributed by atoms with Gasteiger partial charge in [0.25, 0.3) is 0 Å². The molecule has 156 valence electrons. The molecule has 0 spiro atoms. The second-order valence-corrected chi connectivity index (χ2v) is 7.45. The van der Waals surface area contributed by atoms with E-state index in [9.17, 15) is 14.0 Å². The van der Waals surface area contributed by atoms with Crippen LogP contribution in [0.3, 0.4) is 0 Å². The number of hydrogen-bond acceptors (Lipinski definition) is 5. The Hall–Kier alpha value is -3.09. The first kappa shape index (κ1) is 22.2. The summed E-state index contributed by atoms with van der Waals surface area (Å²) >= 11 is 0. The number of methoxy groups -OCH3 is 1. The molecule has 0 aliphatic heterocycles. The summed E-state index contributed by atoms with van der Waals surface area (Å²) in [5, 5.41) is 2.77. The Kier molecular flexibility index (Phi) is 7.59. The Morgan fingerprint density at radius 1 is 1.07 bits per heavy atom. The number of halogens is 1. The molecule has 6 nitrogen and oxygen atoms in total. The summed E-state index contributed by atoms with van der Waals surface area (Å²) < 4.78 is 29.7. The quantitative estimate of drug-likeness (QED) is 0.704. The molecule has 2 aromatic rings. The zero-order valence-corrected chi connectivity index (χ0v) is 17.0. The predicted octanol–water partition coefficient (Wildman–Crippen LogP) is 4.13. The molecule has 0 bridgehead atoms. The van der Waals surface area contributed by atoms with E-state index in [1.807, 2.05) is 30.3 Å². The van der Waals surface area contributed by atoms with Crippen molar-refractivity contribution in [1.82, 2.24) is 5.32 Å². The Morgan fingerprint density at radius 3 is 2.38 bits per heavy atom. The van der Waals surface area contributed by atoms with Crippen molar-refractivity contribution in [2.75, 3.05) is 13.7 Å². The molecule has 0 aromatic heterocycles. The van der Waals surface area contributed by atoms with E-state index in [2.05, 4.69) is 10.1 Å². The number of nitrogens with one attached hydrogen (secondary N) is 1. The zero-order chi connectivity index (χ0) is 21.4. The van der Waals surface area contributed by atoms with Gasteiger partial charge in [0.05, 0.1) is 13.2 Å². The normalized spacial score (nSPS) is 12.0. The maximum Gasteiger partial charge on any atom is 0.408 e. The van der Waals surface area contributed by atoms with Gasteiger partial charge in [-0.1, -0.05) is 36.4 Å². The van der Waals surface area contributed by atoms with Gasteiger partial charge in [0, 0.05) is 0 Å². The topological polar surface area (TPSA) is 73.9 Å². The fraction of sp³-hybridized carbons (Fsp3) is 0.364. The van der Waals surface area contributed by atoms with Crippen molar-refractivity contribution in [2.24, 2.45) is 0 Å². The first-order valence-corrected chi connectivity index (χ1v) is 9.22. The summed E-state index contributed by atoms with van der Waals surface area (Å²) in [6.07, 6.45) is -0.127. The summed E-state index contributed by atoms with van der Waals surface area (Å²) in [7, 11) is 1.17. The number of hydrogen-bond donors (Lipinski definition) is 1. The Morgan fingerprint density at radius 2 is 1.76 bits per heavy atom. The predicted molar refractivity (Wildman–Crippen MR) is 107 cm³/mol. The van der Waals surface area contributed by atoms with Crippen molar-refractivity contribution >= 4 is 12.1 Å². The molecule has 0 radical (unpaired) electrons. The maximum atomic E-state index is 14.1. The molecule has 1 atom stereocenters. The molecule has 1 amide bonds. The van der Waals surface area contributed by atoms with Crippen molar-refractivity contribution in [1.29, 1.82) is 0 Å². The molecule has 0 fully saturated rings. The summed E-state index contributed by atoms with van der Waals surface area (Å²) in [5.41, 5.74) is 0.0402. The number of esters is 1. The number of benzene rings is 2. The van der Waals surface area contributed by atoms with Crippen LogP contribution in [0.5, 0.6) is 5.75 Å². The van der Waals surface area contributed by atoms with Gasteiger partial charge in [-0.05, 0) is 44.9 Å². The van der Waals surface area contributed by atoms with E-state index >= 15 is 0 Å². The van der Waals surface area contributed by atoms with Gasteiger partial charge < -0.3 is 19.5 Å². The van der Waals surface area contributed by atoms with Crippen LogP contribution in [0, 0.1) is 5.82 Å². The van der Waals surface area contributed by atoms with E-state index in [-0.39, 0.29) is 17.9 Å². The first-order valence-electron chi connectivity index (χ1n) is 9.22. The van der Waals surface area contributed by atoms with E-state index in [1.54, 1.807) is 20.8 Å². The second kappa shape index (κ2) is 9.91. The Labute approximate surface area is 170 Å². The molecule has 0 saturated carbocycles. The van der Waals surface area contributed by atoms with Crippen LogP contribution in [0.1, 0.15) is 36.7 Å². The van der Waals surface area contributed by atoms with Gasteiger partial charge in [0.1, 0.15) is 29.3 Å². The highest BCUT2D eigenvalue weighted by Crippen LogP contribution is 2.23. The maximum absolute atomic E-state index is 14.1. The standard InChI is InChI=1S/C22H26FNO5/c1-22(2,3)29-21(26)24-16(13-15-9-6-5-7-10-15)14-28-18-12-8-11-17(23)19(18)20(25)27-4/h5-12,16H,13-14H2,1-4H3,(H,24,26). The summed E-state index contributed by atoms with van der Waals surface area (Å²) in [6.45, 7) is 5.31. The molecule has 7 heteroatoms. The van der Waals surface area contributed by atoms with E-state index in [0.29, 0.717) is 6.42 Å². The van der Waals surface area contributed by atoms with Crippen LogP contribution in [-0.2, 0) is 15.9 Å². The number of alkyl carbamates (subject to hydrolysis) is 1. The first-order chi connectivity index (χ1) is 13.7. The average molecular weight is 403 g/mol. The highest BCUT2D eigenvalue weighted by molar-refractivity contribution is 5.92. The molecular formula is C22H26FNO5. The summed E-state index contributed by atoms with van der Waals surface area (Å²) in [6, 6.07) is 13.1. The minimum atomic E-state index is -0.835. The van der Waals surface area contributed by atoms with Gasteiger partial charge in [-0.25, -0.2) is 14.0 Å². The summed E-state index contributed by atoms with van der Waals surface area (Å²) in [4.78, 5) is 24.1. The smallest absolute Gasteiger partial charge is 0.408 e. The molecule has 0 aliphatic rings. The third-order valence-corrected chi connectivity index (χ3v) is 3.85. The number of amides is 1. The van der Waals surface area contributed by atoms with E-state index in [4.69, 9.17) is 9.47 Å². The van der Waals surface area contributed by atoms with Crippen LogP contribution < -0.4 is 10.1 Å². The highest BCUT2D eigenvalue weighted by Gasteiger charge is 2.23. The van der Waals surface area contributed by atoms with Gasteiger partial charge in [0.2, 0.25) is 0 Å². The Bertz CT molecular complexity index is 833. The van der Waals surface area contributed by atoms with Crippen LogP contribution in [0.2, 0.25) is 0 Å². The molecule has 0 saturated heterocycles. The average Bonchev–Trinajstić information content (AvgIpc) is 2.65. The van der Waals surface area contributed by atoms with Crippen molar-refractivity contribution in [3.8, 4) is 5.75 Å². The third-order valence-electron chi connectivity index (χ3n) is 3.85. The van der Waals surface area contributed by atoms with Crippen molar-refractivity contribution in [3.05, 3.63) is 65.5 Å². The van der Waals surface area contributed by atoms with Crippen LogP contribution >= 0.6 is 0 Å². The minimum absolute atomic E-state index is 0.00157. The van der Waals surface area contributed by atoms with Crippen LogP contribution in [0.15, 0.2) is 48.5 Å². The monoisotopic (exact) mass is 403 g/mol. The lowest BCUT2D eigenvalue weighted by Gasteiger charge is -2.24. The number of ether oxygens (including phenoxy) is 3. The van der Waals surface area contributed by atoms with Crippen LogP contribution in [0.4, 0.5) is 9.18 Å². The van der Waals surface area contributed by atoms with Gasteiger partial charge in [-0.15, -0.1) is 0 Å². The molecule has 1 unspecified atom stereocenters. The van der Waals surface area contributed by atoms with Crippen molar-refractivity contribution in [3.63, 3.8) is 0 Å². The second-order valence-electron chi connectivity index (χ2n) is 7.45. The molecular weight excluding hydrogens is 377 g/mol. The third kappa shape index (κ3) is 7.10. The molecule has 0 aliphatic carbocycles. The minimum Gasteiger partial charge on any atom is -0.490 e. The molecule has 0 heterocycles. The highest BCUT2D eigenvalue weighted by atomic mass is 19.1. The van der Waals surface area contributed by atoms with E-state index in [0.717, 1.165) is 11.6 Å². The van der Waals surface area contributed by atoms with Gasteiger partial charge in [-0.3, -0.25) is 0 Å². The molecule has 2 aromatic carbocycles. The fourth-order valence-corrected chi connectivity index (χ4v) is 2.64.